The first kappa shape index (κ1) is 11.2. The van der Waals surface area contributed by atoms with Gasteiger partial charge in [-0.1, -0.05) is 24.3 Å². The maximum absolute atomic E-state index is 11.6. The topological polar surface area (TPSA) is 33.2 Å². The van der Waals surface area contributed by atoms with Crippen molar-refractivity contribution in [2.24, 2.45) is 0 Å². The van der Waals surface area contributed by atoms with Gasteiger partial charge in [0.05, 0.1) is 10.7 Å². The van der Waals surface area contributed by atoms with Gasteiger partial charge in [-0.25, -0.2) is 4.98 Å². The number of rotatable bonds is 1. The third-order valence-electron chi connectivity index (χ3n) is 4.03. The van der Waals surface area contributed by atoms with E-state index in [0.29, 0.717) is 12.3 Å². The Kier molecular flexibility index (Phi) is 2.30. The van der Waals surface area contributed by atoms with Crippen molar-refractivity contribution < 1.29 is 4.79 Å². The van der Waals surface area contributed by atoms with Crippen LogP contribution < -0.4 is 0 Å². The molecule has 1 amide bonds. The van der Waals surface area contributed by atoms with E-state index in [1.54, 1.807) is 11.3 Å². The van der Waals surface area contributed by atoms with Crippen LogP contribution in [0.5, 0.6) is 0 Å². The summed E-state index contributed by atoms with van der Waals surface area (Å²) in [4.78, 5) is 19.6. The van der Waals surface area contributed by atoms with Crippen molar-refractivity contribution >= 4 is 17.2 Å². The minimum absolute atomic E-state index is 0.237. The molecule has 2 aliphatic rings. The minimum Gasteiger partial charge on any atom is -0.345 e. The van der Waals surface area contributed by atoms with Crippen molar-refractivity contribution in [1.29, 1.82) is 0 Å². The van der Waals surface area contributed by atoms with Gasteiger partial charge in [0, 0.05) is 42.8 Å². The van der Waals surface area contributed by atoms with Crippen molar-refractivity contribution in [3.05, 3.63) is 39.7 Å². The summed E-state index contributed by atoms with van der Waals surface area (Å²) >= 11 is 1.79. The van der Waals surface area contributed by atoms with Gasteiger partial charge in [-0.15, -0.1) is 11.3 Å². The van der Waals surface area contributed by atoms with Crippen molar-refractivity contribution in [3.8, 4) is 11.3 Å². The van der Waals surface area contributed by atoms with E-state index in [0.717, 1.165) is 23.7 Å². The zero-order valence-electron chi connectivity index (χ0n) is 10.7. The van der Waals surface area contributed by atoms with Crippen LogP contribution in [0.2, 0.25) is 0 Å². The van der Waals surface area contributed by atoms with E-state index in [9.17, 15) is 4.79 Å². The van der Waals surface area contributed by atoms with Gasteiger partial charge in [0.25, 0.3) is 0 Å². The molecular weight excluding hydrogens is 256 g/mol. The number of fused-ring (bicyclic) bond motifs is 3. The Bertz CT molecular complexity index is 677. The number of likely N-dealkylation sites (tertiary alicyclic amines) is 1. The maximum atomic E-state index is 11.6. The van der Waals surface area contributed by atoms with E-state index in [1.165, 1.54) is 16.0 Å². The standard InChI is InChI=1S/C15H14N2OS/c1-17-8-10(7-13(17)18)15-16-14-11-5-3-2-4-9(11)6-12(14)19-15/h2-5,10H,6-8H2,1H3. The molecule has 2 aromatic rings. The fraction of sp³-hybridized carbons (Fsp3) is 0.333. The molecule has 4 heteroatoms. The highest BCUT2D eigenvalue weighted by atomic mass is 32.1. The molecular formula is C15H14N2OS. The number of aromatic nitrogens is 1. The molecule has 0 saturated carbocycles. The van der Waals surface area contributed by atoms with Gasteiger partial charge in [0.2, 0.25) is 5.91 Å². The van der Waals surface area contributed by atoms with Crippen LogP contribution in [0.15, 0.2) is 24.3 Å². The number of thiazole rings is 1. The molecule has 1 aromatic carbocycles. The summed E-state index contributed by atoms with van der Waals surface area (Å²) < 4.78 is 0. The third kappa shape index (κ3) is 1.63. The first-order valence-corrected chi connectivity index (χ1v) is 7.36. The number of hydrogen-bond acceptors (Lipinski definition) is 3. The van der Waals surface area contributed by atoms with Crippen molar-refractivity contribution in [3.63, 3.8) is 0 Å². The molecule has 1 aliphatic carbocycles. The molecule has 1 saturated heterocycles. The first-order chi connectivity index (χ1) is 9.22. The highest BCUT2D eigenvalue weighted by Gasteiger charge is 2.32. The zero-order chi connectivity index (χ0) is 13.0. The highest BCUT2D eigenvalue weighted by Crippen LogP contribution is 2.42. The Morgan fingerprint density at radius 1 is 1.37 bits per heavy atom. The summed E-state index contributed by atoms with van der Waals surface area (Å²) in [6.45, 7) is 0.812. The summed E-state index contributed by atoms with van der Waals surface area (Å²) in [6.07, 6.45) is 1.62. The van der Waals surface area contributed by atoms with Crippen LogP contribution >= 0.6 is 11.3 Å². The van der Waals surface area contributed by atoms with Gasteiger partial charge < -0.3 is 4.90 Å². The van der Waals surface area contributed by atoms with Crippen molar-refractivity contribution in [1.82, 2.24) is 9.88 Å². The van der Waals surface area contributed by atoms with Crippen LogP contribution in [-0.2, 0) is 11.2 Å². The smallest absolute Gasteiger partial charge is 0.223 e. The van der Waals surface area contributed by atoms with Crippen molar-refractivity contribution in [2.45, 2.75) is 18.8 Å². The molecule has 0 radical (unpaired) electrons. The van der Waals surface area contributed by atoms with Crippen LogP contribution in [0.3, 0.4) is 0 Å². The van der Waals surface area contributed by atoms with Crippen LogP contribution in [0, 0.1) is 0 Å². The molecule has 1 fully saturated rings. The molecule has 1 unspecified atom stereocenters. The molecule has 1 aromatic heterocycles. The van der Waals surface area contributed by atoms with E-state index in [1.807, 2.05) is 11.9 Å². The van der Waals surface area contributed by atoms with E-state index in [2.05, 4.69) is 24.3 Å². The predicted molar refractivity (Wildman–Crippen MR) is 75.4 cm³/mol. The van der Waals surface area contributed by atoms with E-state index in [-0.39, 0.29) is 5.91 Å². The van der Waals surface area contributed by atoms with Crippen LogP contribution in [0.4, 0.5) is 0 Å². The quantitative estimate of drug-likeness (QED) is 0.681. The number of nitrogens with zero attached hydrogens (tertiary/aromatic N) is 2. The monoisotopic (exact) mass is 270 g/mol. The van der Waals surface area contributed by atoms with Gasteiger partial charge in [0.1, 0.15) is 0 Å². The number of hydrogen-bond donors (Lipinski definition) is 0. The predicted octanol–water partition coefficient (Wildman–Crippen LogP) is 2.66. The van der Waals surface area contributed by atoms with Gasteiger partial charge in [-0.3, -0.25) is 4.79 Å². The van der Waals surface area contributed by atoms with Gasteiger partial charge in [-0.2, -0.15) is 0 Å². The van der Waals surface area contributed by atoms with E-state index < -0.39 is 0 Å². The average molecular weight is 270 g/mol. The molecule has 1 atom stereocenters. The van der Waals surface area contributed by atoms with Crippen LogP contribution in [0.1, 0.15) is 27.8 Å². The van der Waals surface area contributed by atoms with Crippen LogP contribution in [0.25, 0.3) is 11.3 Å². The fourth-order valence-electron chi connectivity index (χ4n) is 2.98. The summed E-state index contributed by atoms with van der Waals surface area (Å²) in [5, 5.41) is 1.14. The lowest BCUT2D eigenvalue weighted by atomic mass is 10.1. The summed E-state index contributed by atoms with van der Waals surface area (Å²) in [5.74, 6) is 0.529. The number of benzene rings is 1. The number of amides is 1. The van der Waals surface area contributed by atoms with Gasteiger partial charge >= 0.3 is 0 Å². The summed E-state index contributed by atoms with van der Waals surface area (Å²) in [6, 6.07) is 8.48. The highest BCUT2D eigenvalue weighted by molar-refractivity contribution is 7.12. The zero-order valence-corrected chi connectivity index (χ0v) is 11.5. The largest absolute Gasteiger partial charge is 0.345 e. The number of likely N-dealkylation sites (N-methyl/N-ethyl adjacent to an activating group) is 1. The number of carbonyl (C=O) groups is 1. The number of carbonyl (C=O) groups excluding carboxylic acids is 1. The Hall–Kier alpha value is -1.68. The Morgan fingerprint density at radius 3 is 3.00 bits per heavy atom. The fourth-order valence-corrected chi connectivity index (χ4v) is 4.18. The second-order valence-electron chi connectivity index (χ2n) is 5.33. The minimum atomic E-state index is 0.237. The molecule has 0 N–H and O–H groups in total. The van der Waals surface area contributed by atoms with Gasteiger partial charge in [-0.05, 0) is 5.56 Å². The Morgan fingerprint density at radius 2 is 2.21 bits per heavy atom. The molecule has 4 rings (SSSR count). The lowest BCUT2D eigenvalue weighted by Gasteiger charge is -2.07. The normalized spacial score (nSPS) is 20.8. The molecule has 19 heavy (non-hydrogen) atoms. The third-order valence-corrected chi connectivity index (χ3v) is 5.25. The molecule has 2 heterocycles. The van der Waals surface area contributed by atoms with E-state index >= 15 is 0 Å². The van der Waals surface area contributed by atoms with E-state index in [4.69, 9.17) is 4.98 Å². The van der Waals surface area contributed by atoms with Gasteiger partial charge in [0.15, 0.2) is 0 Å². The second kappa shape index (κ2) is 3.90. The maximum Gasteiger partial charge on any atom is 0.223 e. The summed E-state index contributed by atoms with van der Waals surface area (Å²) in [5.41, 5.74) is 3.80. The Balaban J connectivity index is 1.71. The lowest BCUT2D eigenvalue weighted by Crippen LogP contribution is -2.18. The van der Waals surface area contributed by atoms with Crippen molar-refractivity contribution in [2.75, 3.05) is 13.6 Å². The van der Waals surface area contributed by atoms with Crippen LogP contribution in [-0.4, -0.2) is 29.4 Å². The summed E-state index contributed by atoms with van der Waals surface area (Å²) in [7, 11) is 1.87. The molecule has 0 bridgehead atoms. The second-order valence-corrected chi connectivity index (χ2v) is 6.45. The molecule has 0 spiro atoms. The SMILES string of the molecule is CN1CC(c2nc3c(s2)Cc2ccccc2-3)CC1=O. The molecule has 1 aliphatic heterocycles. The Labute approximate surface area is 115 Å². The molecule has 3 nitrogen and oxygen atoms in total. The first-order valence-electron chi connectivity index (χ1n) is 6.54. The lowest BCUT2D eigenvalue weighted by molar-refractivity contribution is -0.126. The molecule has 96 valence electrons. The average Bonchev–Trinajstić information content (AvgIpc) is 3.03.